The van der Waals surface area contributed by atoms with Gasteiger partial charge in [-0.1, -0.05) is 53.2 Å². The maximum Gasteiger partial charge on any atom is 0.314 e. The molecule has 77 heavy (non-hydrogen) atoms. The van der Waals surface area contributed by atoms with Gasteiger partial charge in [-0.25, -0.2) is 0 Å². The van der Waals surface area contributed by atoms with E-state index in [1.165, 1.54) is 14.0 Å². The highest BCUT2D eigenvalue weighted by Crippen LogP contribution is 2.75. The largest absolute Gasteiger partial charge is 0.458 e. The SMILES string of the molecule is CO[C@@H]1[C@@H](O)[C@H](O[C@@H]2[C@@H](O)[C@H](O[C@H]3[C@H](O)[C@@H](O)[C@H](O[C@H]4[C@H](O[C@H]5CC[C@]6(C)[C@@H]7CC[C@]89C(=O)O[C@@](C)(CC(=O)CC(C)C)[C@H]8C(=O)C[C@@]9(C)C7=CC[C@H]6C5(C)C)OC[C@@H](O)[C@@H]4O)O[C@@H]3C)O[C@H](CO)[C@H]2O)O[C@H](CO)[C@H]1O. The van der Waals surface area contributed by atoms with Crippen LogP contribution in [0.5, 0.6) is 0 Å². The minimum Gasteiger partial charge on any atom is -0.458 e. The summed E-state index contributed by atoms with van der Waals surface area (Å²) >= 11 is 0. The van der Waals surface area contributed by atoms with Gasteiger partial charge in [-0.3, -0.25) is 14.4 Å². The van der Waals surface area contributed by atoms with E-state index in [0.717, 1.165) is 5.57 Å². The number of methoxy groups -OCH3 is 1. The molecule has 0 aromatic rings. The number of allylic oxidation sites excluding steroid dienone is 2. The fraction of sp³-hybridized carbons (Fsp3) is 0.907. The lowest BCUT2D eigenvalue weighted by Crippen LogP contribution is -2.67. The topological polar surface area (TPSA) is 346 Å². The van der Waals surface area contributed by atoms with Crippen LogP contribution in [0.1, 0.15) is 107 Å². The predicted molar refractivity (Wildman–Crippen MR) is 261 cm³/mol. The lowest BCUT2D eigenvalue weighted by molar-refractivity contribution is -0.389. The summed E-state index contributed by atoms with van der Waals surface area (Å²) in [5.74, 6) is -0.972. The first kappa shape index (κ1) is 59.4. The van der Waals surface area contributed by atoms with Crippen LogP contribution in [-0.4, -0.2) is 224 Å². The number of hydrogen-bond donors (Lipinski definition) is 10. The summed E-state index contributed by atoms with van der Waals surface area (Å²) < 4.78 is 59.5. The summed E-state index contributed by atoms with van der Waals surface area (Å²) in [6, 6.07) is 0. The molecule has 4 aliphatic carbocycles. The van der Waals surface area contributed by atoms with Crippen LogP contribution >= 0.6 is 0 Å². The number of hydrogen-bond acceptors (Lipinski definition) is 23. The lowest BCUT2D eigenvalue weighted by atomic mass is 9.41. The van der Waals surface area contributed by atoms with E-state index in [1.54, 1.807) is 6.92 Å². The summed E-state index contributed by atoms with van der Waals surface area (Å²) in [5, 5.41) is 109. The molecule has 5 aliphatic heterocycles. The molecular formula is C54H84O23. The van der Waals surface area contributed by atoms with E-state index in [-0.39, 0.29) is 60.2 Å². The molecule has 9 rings (SSSR count). The van der Waals surface area contributed by atoms with Crippen molar-refractivity contribution in [3.63, 3.8) is 0 Å². The van der Waals surface area contributed by atoms with Gasteiger partial charge in [0.2, 0.25) is 0 Å². The Morgan fingerprint density at radius 2 is 1.31 bits per heavy atom. The number of aliphatic hydroxyl groups excluding tert-OH is 10. The number of Topliss-reactive ketones (excluding diaryl/α,β-unsaturated/α-hetero) is 2. The molecule has 23 heteroatoms. The minimum atomic E-state index is -1.91. The fourth-order valence-electron chi connectivity index (χ4n) is 15.9. The molecule has 0 amide bonds. The lowest BCUT2D eigenvalue weighted by Gasteiger charge is -2.63. The second-order valence-corrected chi connectivity index (χ2v) is 25.3. The number of esters is 1. The quantitative estimate of drug-likeness (QED) is 0.0698. The van der Waals surface area contributed by atoms with E-state index in [0.29, 0.717) is 38.5 Å². The molecule has 9 aliphatic rings. The smallest absolute Gasteiger partial charge is 0.314 e. The maximum atomic E-state index is 14.4. The molecule has 23 nitrogen and oxygen atoms in total. The number of ether oxygens (including phenoxy) is 10. The zero-order valence-electron chi connectivity index (χ0n) is 45.5. The van der Waals surface area contributed by atoms with E-state index in [2.05, 4.69) is 33.8 Å². The van der Waals surface area contributed by atoms with Crippen molar-refractivity contribution in [3.05, 3.63) is 11.6 Å². The van der Waals surface area contributed by atoms with Crippen molar-refractivity contribution in [2.75, 3.05) is 26.9 Å². The van der Waals surface area contributed by atoms with Gasteiger partial charge < -0.3 is 98.4 Å². The molecule has 5 saturated heterocycles. The summed E-state index contributed by atoms with van der Waals surface area (Å²) in [6.45, 7) is 13.9. The third-order valence-corrected chi connectivity index (χ3v) is 19.8. The monoisotopic (exact) mass is 1100 g/mol. The van der Waals surface area contributed by atoms with E-state index >= 15 is 0 Å². The Hall–Kier alpha value is -2.21. The molecular weight excluding hydrogens is 1020 g/mol. The van der Waals surface area contributed by atoms with Crippen molar-refractivity contribution in [2.24, 2.45) is 45.3 Å². The molecule has 5 heterocycles. The summed E-state index contributed by atoms with van der Waals surface area (Å²) in [5.41, 5.74) is -2.80. The van der Waals surface area contributed by atoms with Crippen LogP contribution in [-0.2, 0) is 61.8 Å². The van der Waals surface area contributed by atoms with Gasteiger partial charge in [0.1, 0.15) is 103 Å². The first-order valence-electron chi connectivity index (χ1n) is 27.5. The van der Waals surface area contributed by atoms with Gasteiger partial charge in [-0.05, 0) is 74.5 Å². The number of cyclic esters (lactones) is 1. The number of aliphatic hydroxyl groups is 10. The van der Waals surface area contributed by atoms with Crippen molar-refractivity contribution in [1.29, 1.82) is 0 Å². The molecule has 1 spiro atoms. The van der Waals surface area contributed by atoms with Gasteiger partial charge in [0.05, 0.1) is 43.4 Å². The van der Waals surface area contributed by atoms with Gasteiger partial charge >= 0.3 is 5.97 Å². The first-order chi connectivity index (χ1) is 36.1. The molecule has 3 saturated carbocycles. The Bertz CT molecular complexity index is 2200. The molecule has 0 aromatic heterocycles. The summed E-state index contributed by atoms with van der Waals surface area (Å²) in [7, 11) is 1.20. The number of ketones is 2. The van der Waals surface area contributed by atoms with Gasteiger partial charge in [0.15, 0.2) is 25.2 Å². The van der Waals surface area contributed by atoms with E-state index in [9.17, 15) is 65.4 Å². The Kier molecular flexibility index (Phi) is 16.9. The van der Waals surface area contributed by atoms with Gasteiger partial charge in [0.25, 0.3) is 0 Å². The number of fused-ring (bicyclic) bond motifs is 4. The summed E-state index contributed by atoms with van der Waals surface area (Å²) in [4.78, 5) is 41.9. The van der Waals surface area contributed by atoms with Crippen molar-refractivity contribution >= 4 is 17.5 Å². The van der Waals surface area contributed by atoms with Crippen molar-refractivity contribution in [3.8, 4) is 0 Å². The first-order valence-corrected chi connectivity index (χ1v) is 27.5. The van der Waals surface area contributed by atoms with Crippen molar-refractivity contribution in [1.82, 2.24) is 0 Å². The minimum absolute atomic E-state index is 0.00525. The Morgan fingerprint density at radius 3 is 1.94 bits per heavy atom. The zero-order valence-corrected chi connectivity index (χ0v) is 45.5. The highest BCUT2D eigenvalue weighted by Gasteiger charge is 2.79. The average Bonchev–Trinajstić information content (AvgIpc) is 3.40. The number of carbonyl (C=O) groups is 3. The molecule has 438 valence electrons. The maximum absolute atomic E-state index is 14.4. The molecule has 27 atom stereocenters. The highest BCUT2D eigenvalue weighted by atomic mass is 16.8. The van der Waals surface area contributed by atoms with Crippen LogP contribution in [0, 0.1) is 45.3 Å². The second-order valence-electron chi connectivity index (χ2n) is 25.3. The van der Waals surface area contributed by atoms with Crippen LogP contribution in [0.2, 0.25) is 0 Å². The van der Waals surface area contributed by atoms with E-state index in [4.69, 9.17) is 47.4 Å². The average molecular weight is 1100 g/mol. The Labute approximate surface area is 448 Å². The van der Waals surface area contributed by atoms with Crippen LogP contribution < -0.4 is 0 Å². The number of rotatable bonds is 15. The van der Waals surface area contributed by atoms with Crippen LogP contribution in [0.25, 0.3) is 0 Å². The van der Waals surface area contributed by atoms with Crippen molar-refractivity contribution < 1.29 is 113 Å². The Balaban J connectivity index is 0.874. The van der Waals surface area contributed by atoms with E-state index in [1.807, 2.05) is 13.8 Å². The fourth-order valence-corrected chi connectivity index (χ4v) is 15.9. The molecule has 0 unspecified atom stereocenters. The third kappa shape index (κ3) is 9.72. The predicted octanol–water partition coefficient (Wildman–Crippen LogP) is -0.950. The molecule has 10 N–H and O–H groups in total. The van der Waals surface area contributed by atoms with Gasteiger partial charge in [-0.2, -0.15) is 0 Å². The third-order valence-electron chi connectivity index (χ3n) is 19.8. The van der Waals surface area contributed by atoms with Gasteiger partial charge in [0, 0.05) is 31.8 Å². The van der Waals surface area contributed by atoms with Crippen molar-refractivity contribution in [2.45, 2.75) is 235 Å². The normalized spacial score (nSPS) is 51.5. The highest BCUT2D eigenvalue weighted by molar-refractivity contribution is 6.00. The van der Waals surface area contributed by atoms with Gasteiger partial charge in [-0.15, -0.1) is 0 Å². The molecule has 0 aromatic carbocycles. The summed E-state index contributed by atoms with van der Waals surface area (Å²) in [6.07, 6.45) is -24.7. The van der Waals surface area contributed by atoms with E-state index < -0.39 is 164 Å². The van der Waals surface area contributed by atoms with Crippen LogP contribution in [0.3, 0.4) is 0 Å². The number of carbonyl (C=O) groups excluding carboxylic acids is 3. The molecule has 8 fully saturated rings. The molecule has 0 bridgehead atoms. The van der Waals surface area contributed by atoms with Crippen LogP contribution in [0.4, 0.5) is 0 Å². The molecule has 0 radical (unpaired) electrons. The second kappa shape index (κ2) is 21.8. The standard InChI is InChI=1S/C54H84O23/c1-22(2)16-24(57)17-53(8)44-27(58)18-52(7)26-10-11-31-50(4,5)32(13-14-51(31,6)25(26)12-15-54(44,52)49(67)77-53)73-48-43(33(60)28(59)21-69-48)76-45-37(64)36(63)40(23(3)70-45)74-47-39(66)42(35(62)30(20-56)72-47)75-46-38(65)41(68-9)34(61)29(19-55)71-46/h10,22-23,25,28-48,55-56,59-66H,11-21H2,1-9H3/t23-,25-,28-,29-,30-,31+,32+,33+,34-,35-,36-,37-,38-,39-,40-,41+,42+,43-,44-,45+,46+,47+,48+,51-,52+,53+,54-/m1/s1. The zero-order chi connectivity index (χ0) is 56.2. The Morgan fingerprint density at radius 1 is 0.714 bits per heavy atom. The van der Waals surface area contributed by atoms with Crippen LogP contribution in [0.15, 0.2) is 11.6 Å².